The lowest BCUT2D eigenvalue weighted by Crippen LogP contribution is -2.25. The Morgan fingerprint density at radius 1 is 1.38 bits per heavy atom. The summed E-state index contributed by atoms with van der Waals surface area (Å²) in [5.41, 5.74) is 1.52. The van der Waals surface area contributed by atoms with Crippen LogP contribution in [0.25, 0.3) is 0 Å². The number of halogens is 1. The molecule has 0 spiro atoms. The normalized spacial score (nSPS) is 10.4. The second-order valence-corrected chi connectivity index (χ2v) is 4.73. The maximum absolute atomic E-state index is 11.1. The summed E-state index contributed by atoms with van der Waals surface area (Å²) in [6.07, 6.45) is 1.12. The van der Waals surface area contributed by atoms with Crippen LogP contribution in [0.4, 0.5) is 11.5 Å². The van der Waals surface area contributed by atoms with Gasteiger partial charge >= 0.3 is 5.69 Å². The Kier molecular flexibility index (Phi) is 4.64. The zero-order valence-corrected chi connectivity index (χ0v) is 12.4. The zero-order chi connectivity index (χ0) is 15.4. The fraction of sp³-hybridized carbons (Fsp3) is 0.308. The molecule has 0 bridgehead atoms. The van der Waals surface area contributed by atoms with Crippen LogP contribution >= 0.6 is 11.6 Å². The Labute approximate surface area is 126 Å². The summed E-state index contributed by atoms with van der Waals surface area (Å²) in [7, 11) is 0. The molecule has 2 rings (SSSR count). The molecule has 0 fully saturated rings. The first-order valence-electron chi connectivity index (χ1n) is 6.35. The van der Waals surface area contributed by atoms with Crippen LogP contribution in [0.3, 0.4) is 0 Å². The molecule has 110 valence electrons. The molecule has 0 aliphatic heterocycles. The van der Waals surface area contributed by atoms with E-state index in [2.05, 4.69) is 15.0 Å². The quantitative estimate of drug-likeness (QED) is 0.479. The summed E-state index contributed by atoms with van der Waals surface area (Å²) < 4.78 is 0. The maximum Gasteiger partial charge on any atom is 0.329 e. The molecular weight excluding hydrogens is 294 g/mol. The number of hydrogen-bond acceptors (Lipinski definition) is 6. The lowest BCUT2D eigenvalue weighted by molar-refractivity contribution is -0.384. The van der Waals surface area contributed by atoms with Crippen LogP contribution in [0.1, 0.15) is 18.3 Å². The topological polar surface area (TPSA) is 85.0 Å². The Balaban J connectivity index is 2.37. The van der Waals surface area contributed by atoms with Crippen molar-refractivity contribution in [1.82, 2.24) is 15.0 Å². The average molecular weight is 308 g/mol. The van der Waals surface area contributed by atoms with E-state index in [1.165, 1.54) is 0 Å². The number of rotatable bonds is 5. The van der Waals surface area contributed by atoms with Gasteiger partial charge in [-0.1, -0.05) is 6.07 Å². The highest BCUT2D eigenvalue weighted by atomic mass is 35.5. The largest absolute Gasteiger partial charge is 0.345 e. The number of anilines is 1. The van der Waals surface area contributed by atoms with Gasteiger partial charge in [0.05, 0.1) is 17.2 Å². The monoisotopic (exact) mass is 307 g/mol. The van der Waals surface area contributed by atoms with Crippen LogP contribution in [0, 0.1) is 17.0 Å². The van der Waals surface area contributed by atoms with Crippen LogP contribution in [-0.2, 0) is 6.54 Å². The summed E-state index contributed by atoms with van der Waals surface area (Å²) in [5.74, 6) is 0.200. The third-order valence-electron chi connectivity index (χ3n) is 2.90. The van der Waals surface area contributed by atoms with Gasteiger partial charge in [0, 0.05) is 12.2 Å². The second kappa shape index (κ2) is 6.45. The van der Waals surface area contributed by atoms with E-state index in [0.717, 1.165) is 17.6 Å². The molecule has 21 heavy (non-hydrogen) atoms. The van der Waals surface area contributed by atoms with Gasteiger partial charge in [-0.3, -0.25) is 15.1 Å². The first-order chi connectivity index (χ1) is 10.0. The van der Waals surface area contributed by atoms with Crippen molar-refractivity contribution < 1.29 is 4.92 Å². The van der Waals surface area contributed by atoms with Crippen LogP contribution < -0.4 is 4.90 Å². The van der Waals surface area contributed by atoms with E-state index in [0.29, 0.717) is 13.1 Å². The number of nitro groups is 1. The van der Waals surface area contributed by atoms with E-state index in [9.17, 15) is 10.1 Å². The average Bonchev–Trinajstić information content (AvgIpc) is 2.44. The highest BCUT2D eigenvalue weighted by Gasteiger charge is 2.22. The smallest absolute Gasteiger partial charge is 0.329 e. The zero-order valence-electron chi connectivity index (χ0n) is 11.7. The van der Waals surface area contributed by atoms with Crippen molar-refractivity contribution in [2.75, 3.05) is 11.4 Å². The molecule has 0 aromatic carbocycles. The molecule has 0 amide bonds. The van der Waals surface area contributed by atoms with Gasteiger partial charge in [0.25, 0.3) is 0 Å². The fourth-order valence-electron chi connectivity index (χ4n) is 1.93. The van der Waals surface area contributed by atoms with Gasteiger partial charge in [0.15, 0.2) is 0 Å². The SMILES string of the molecule is CCN(Cc1cccc(C)n1)c1nc(Cl)ncc1[N+](=O)[O-]. The van der Waals surface area contributed by atoms with E-state index < -0.39 is 4.92 Å². The van der Waals surface area contributed by atoms with Gasteiger partial charge in [-0.2, -0.15) is 4.98 Å². The van der Waals surface area contributed by atoms with E-state index in [1.54, 1.807) is 4.90 Å². The summed E-state index contributed by atoms with van der Waals surface area (Å²) in [5, 5.41) is 11.1. The lowest BCUT2D eigenvalue weighted by Gasteiger charge is -2.21. The van der Waals surface area contributed by atoms with Gasteiger partial charge in [-0.15, -0.1) is 0 Å². The molecule has 0 aliphatic carbocycles. The van der Waals surface area contributed by atoms with Crippen molar-refractivity contribution in [2.24, 2.45) is 0 Å². The second-order valence-electron chi connectivity index (χ2n) is 4.39. The number of nitrogens with zero attached hydrogens (tertiary/aromatic N) is 5. The Bertz CT molecular complexity index is 665. The van der Waals surface area contributed by atoms with Crippen molar-refractivity contribution in [3.05, 3.63) is 51.2 Å². The highest BCUT2D eigenvalue weighted by molar-refractivity contribution is 6.28. The Morgan fingerprint density at radius 3 is 2.76 bits per heavy atom. The molecule has 2 heterocycles. The molecule has 2 aromatic heterocycles. The maximum atomic E-state index is 11.1. The standard InChI is InChI=1S/C13H14ClN5O2/c1-3-18(8-10-6-4-5-9(2)16-10)12-11(19(20)21)7-15-13(14)17-12/h4-7H,3,8H2,1-2H3. The van der Waals surface area contributed by atoms with Gasteiger partial charge in [0.2, 0.25) is 11.1 Å². The predicted molar refractivity (Wildman–Crippen MR) is 79.4 cm³/mol. The molecule has 0 N–H and O–H groups in total. The lowest BCUT2D eigenvalue weighted by atomic mass is 10.3. The van der Waals surface area contributed by atoms with E-state index in [4.69, 9.17) is 11.6 Å². The van der Waals surface area contributed by atoms with E-state index in [-0.39, 0.29) is 16.8 Å². The number of aryl methyl sites for hydroxylation is 1. The van der Waals surface area contributed by atoms with E-state index in [1.807, 2.05) is 32.0 Å². The molecular formula is C13H14ClN5O2. The summed E-state index contributed by atoms with van der Waals surface area (Å²) in [4.78, 5) is 24.4. The molecule has 2 aromatic rings. The van der Waals surface area contributed by atoms with Gasteiger partial charge < -0.3 is 4.90 Å². The van der Waals surface area contributed by atoms with Crippen LogP contribution in [-0.4, -0.2) is 26.4 Å². The van der Waals surface area contributed by atoms with Crippen molar-refractivity contribution in [1.29, 1.82) is 0 Å². The first kappa shape index (κ1) is 15.1. The molecule has 0 unspecified atom stereocenters. The Hall–Kier alpha value is -2.28. The van der Waals surface area contributed by atoms with Crippen LogP contribution in [0.15, 0.2) is 24.4 Å². The number of hydrogen-bond donors (Lipinski definition) is 0. The number of aromatic nitrogens is 3. The van der Waals surface area contributed by atoms with Crippen LogP contribution in [0.2, 0.25) is 5.28 Å². The molecule has 0 aliphatic rings. The molecule has 0 radical (unpaired) electrons. The molecule has 0 saturated heterocycles. The van der Waals surface area contributed by atoms with Gasteiger partial charge in [0.1, 0.15) is 6.20 Å². The summed E-state index contributed by atoms with van der Waals surface area (Å²) in [6, 6.07) is 5.65. The minimum absolute atomic E-state index is 0.0220. The first-order valence-corrected chi connectivity index (χ1v) is 6.73. The molecule has 0 saturated carbocycles. The summed E-state index contributed by atoms with van der Waals surface area (Å²) >= 11 is 5.76. The third-order valence-corrected chi connectivity index (χ3v) is 3.08. The minimum atomic E-state index is -0.516. The Morgan fingerprint density at radius 2 is 2.14 bits per heavy atom. The van der Waals surface area contributed by atoms with E-state index >= 15 is 0 Å². The minimum Gasteiger partial charge on any atom is -0.345 e. The molecule has 7 nitrogen and oxygen atoms in total. The van der Waals surface area contributed by atoms with Gasteiger partial charge in [-0.05, 0) is 37.6 Å². The van der Waals surface area contributed by atoms with Crippen LogP contribution in [0.5, 0.6) is 0 Å². The van der Waals surface area contributed by atoms with Crippen molar-refractivity contribution in [3.63, 3.8) is 0 Å². The fourth-order valence-corrected chi connectivity index (χ4v) is 2.06. The molecule has 0 atom stereocenters. The van der Waals surface area contributed by atoms with Crippen molar-refractivity contribution in [3.8, 4) is 0 Å². The third kappa shape index (κ3) is 3.63. The van der Waals surface area contributed by atoms with Crippen molar-refractivity contribution in [2.45, 2.75) is 20.4 Å². The predicted octanol–water partition coefficient (Wildman–Crippen LogP) is 2.77. The summed E-state index contributed by atoms with van der Waals surface area (Å²) in [6.45, 7) is 4.72. The molecule has 8 heteroatoms. The van der Waals surface area contributed by atoms with Crippen molar-refractivity contribution >= 4 is 23.1 Å². The van der Waals surface area contributed by atoms with Gasteiger partial charge in [-0.25, -0.2) is 4.98 Å². The highest BCUT2D eigenvalue weighted by Crippen LogP contribution is 2.27. The number of pyridine rings is 1.